The van der Waals surface area contributed by atoms with E-state index in [0.29, 0.717) is 27.3 Å². The Morgan fingerprint density at radius 1 is 1.09 bits per heavy atom. The average molecular weight is 497 g/mol. The number of halogens is 1. The molecule has 0 aliphatic rings. The van der Waals surface area contributed by atoms with Gasteiger partial charge in [-0.05, 0) is 54.8 Å². The maximum atomic E-state index is 13.1. The van der Waals surface area contributed by atoms with Gasteiger partial charge in [-0.3, -0.25) is 4.79 Å². The van der Waals surface area contributed by atoms with Gasteiger partial charge in [0.1, 0.15) is 0 Å². The van der Waals surface area contributed by atoms with Crippen molar-refractivity contribution in [3.05, 3.63) is 75.2 Å². The van der Waals surface area contributed by atoms with Gasteiger partial charge in [0.15, 0.2) is 9.84 Å². The number of sulfone groups is 1. The standard InChI is InChI=1S/C22H25ClN2O5S2/c1-22(2,31-25-28)14-24-21(27)19(12-13-26)20(15-4-8-17(23)9-5-15)16-6-10-18(11-7-16)32(3,29)30/h4-11,26H,12-14H2,1-3H3,(H,24,27). The van der Waals surface area contributed by atoms with E-state index in [0.717, 1.165) is 18.2 Å². The fourth-order valence-corrected chi connectivity index (χ4v) is 4.09. The summed E-state index contributed by atoms with van der Waals surface area (Å²) in [4.78, 5) is 23.9. The molecule has 0 aliphatic carbocycles. The zero-order valence-corrected chi connectivity index (χ0v) is 20.4. The number of aliphatic hydroxyl groups is 1. The van der Waals surface area contributed by atoms with E-state index in [-0.39, 0.29) is 24.5 Å². The Labute approximate surface area is 197 Å². The molecule has 172 valence electrons. The van der Waals surface area contributed by atoms with Crippen molar-refractivity contribution in [1.29, 1.82) is 0 Å². The van der Waals surface area contributed by atoms with E-state index >= 15 is 0 Å². The van der Waals surface area contributed by atoms with Crippen molar-refractivity contribution in [1.82, 2.24) is 5.32 Å². The molecule has 1 amide bonds. The molecule has 0 atom stereocenters. The molecular weight excluding hydrogens is 472 g/mol. The maximum Gasteiger partial charge on any atom is 0.247 e. The molecule has 0 fully saturated rings. The second-order valence-corrected chi connectivity index (χ2v) is 11.6. The number of hydrogen-bond acceptors (Lipinski definition) is 7. The molecule has 0 unspecified atom stereocenters. The number of aliphatic hydroxyl groups excluding tert-OH is 1. The van der Waals surface area contributed by atoms with Crippen molar-refractivity contribution in [3.8, 4) is 0 Å². The molecule has 2 aromatic rings. The third-order valence-electron chi connectivity index (χ3n) is 4.60. The lowest BCUT2D eigenvalue weighted by molar-refractivity contribution is -0.117. The summed E-state index contributed by atoms with van der Waals surface area (Å²) in [6, 6.07) is 13.1. The third kappa shape index (κ3) is 7.16. The number of rotatable bonds is 10. The first-order valence-electron chi connectivity index (χ1n) is 9.68. The molecular formula is C22H25ClN2O5S2. The van der Waals surface area contributed by atoms with Gasteiger partial charge in [-0.15, -0.1) is 4.91 Å². The lowest BCUT2D eigenvalue weighted by atomic mass is 9.91. The molecule has 2 aromatic carbocycles. The number of hydrogen-bond donors (Lipinski definition) is 2. The van der Waals surface area contributed by atoms with Gasteiger partial charge in [-0.1, -0.05) is 35.9 Å². The third-order valence-corrected chi connectivity index (χ3v) is 6.69. The molecule has 0 heterocycles. The molecule has 2 N–H and O–H groups in total. The first-order chi connectivity index (χ1) is 15.0. The molecule has 0 saturated heterocycles. The highest BCUT2D eigenvalue weighted by atomic mass is 35.5. The lowest BCUT2D eigenvalue weighted by Crippen LogP contribution is -2.37. The van der Waals surface area contributed by atoms with Gasteiger partial charge in [-0.25, -0.2) is 8.42 Å². The Bertz CT molecular complexity index is 1100. The topological polar surface area (TPSA) is 113 Å². The zero-order valence-electron chi connectivity index (χ0n) is 18.0. The summed E-state index contributed by atoms with van der Waals surface area (Å²) in [6.45, 7) is 3.46. The molecule has 32 heavy (non-hydrogen) atoms. The van der Waals surface area contributed by atoms with Crippen LogP contribution in [0.5, 0.6) is 0 Å². The molecule has 2 rings (SSSR count). The van der Waals surface area contributed by atoms with E-state index in [1.807, 2.05) is 0 Å². The Balaban J connectivity index is 2.60. The van der Waals surface area contributed by atoms with E-state index in [9.17, 15) is 23.2 Å². The predicted molar refractivity (Wildman–Crippen MR) is 129 cm³/mol. The van der Waals surface area contributed by atoms with Gasteiger partial charge in [0.2, 0.25) is 5.91 Å². The summed E-state index contributed by atoms with van der Waals surface area (Å²) in [5.74, 6) is -0.407. The summed E-state index contributed by atoms with van der Waals surface area (Å²) < 4.78 is 25.9. The number of nitrogens with one attached hydrogen (secondary N) is 1. The Kier molecular flexibility index (Phi) is 9.03. The van der Waals surface area contributed by atoms with Crippen LogP contribution in [-0.4, -0.2) is 43.6 Å². The summed E-state index contributed by atoms with van der Waals surface area (Å²) >= 11 is 6.85. The Morgan fingerprint density at radius 2 is 1.62 bits per heavy atom. The number of amides is 1. The van der Waals surface area contributed by atoms with E-state index in [2.05, 4.69) is 9.90 Å². The molecule has 0 aromatic heterocycles. The van der Waals surface area contributed by atoms with Crippen LogP contribution in [0.2, 0.25) is 5.02 Å². The van der Waals surface area contributed by atoms with Crippen molar-refractivity contribution in [2.75, 3.05) is 19.4 Å². The van der Waals surface area contributed by atoms with Gasteiger partial charge in [0.05, 0.1) is 9.64 Å². The van der Waals surface area contributed by atoms with E-state index < -0.39 is 20.5 Å². The number of nitroso groups, excluding NO2 is 1. The van der Waals surface area contributed by atoms with Gasteiger partial charge < -0.3 is 10.4 Å². The second-order valence-electron chi connectivity index (χ2n) is 7.74. The van der Waals surface area contributed by atoms with Crippen LogP contribution >= 0.6 is 23.5 Å². The molecule has 0 saturated carbocycles. The van der Waals surface area contributed by atoms with Crippen molar-refractivity contribution in [2.24, 2.45) is 4.58 Å². The molecule has 7 nitrogen and oxygen atoms in total. The van der Waals surface area contributed by atoms with Crippen LogP contribution in [-0.2, 0) is 14.6 Å². The average Bonchev–Trinajstić information content (AvgIpc) is 2.73. The van der Waals surface area contributed by atoms with Crippen LogP contribution in [0.3, 0.4) is 0 Å². The first-order valence-corrected chi connectivity index (χ1v) is 12.7. The number of carbonyl (C=O) groups is 1. The number of nitrogens with zero attached hydrogens (tertiary/aromatic N) is 1. The van der Waals surface area contributed by atoms with Crippen molar-refractivity contribution >= 4 is 44.9 Å². The monoisotopic (exact) mass is 496 g/mol. The van der Waals surface area contributed by atoms with Crippen molar-refractivity contribution < 1.29 is 18.3 Å². The van der Waals surface area contributed by atoms with Crippen LogP contribution in [0, 0.1) is 4.91 Å². The number of carbonyl (C=O) groups excluding carboxylic acids is 1. The van der Waals surface area contributed by atoms with Crippen LogP contribution in [0.15, 0.2) is 63.6 Å². The Morgan fingerprint density at radius 3 is 2.09 bits per heavy atom. The predicted octanol–water partition coefficient (Wildman–Crippen LogP) is 4.24. The van der Waals surface area contributed by atoms with Crippen LogP contribution in [0.4, 0.5) is 0 Å². The lowest BCUT2D eigenvalue weighted by Gasteiger charge is -2.22. The first kappa shape index (κ1) is 26.1. The zero-order chi connectivity index (χ0) is 23.9. The van der Waals surface area contributed by atoms with Gasteiger partial charge in [0, 0.05) is 53.0 Å². The fourth-order valence-electron chi connectivity index (χ4n) is 3.00. The minimum Gasteiger partial charge on any atom is -0.396 e. The Hall–Kier alpha value is -2.20. The van der Waals surface area contributed by atoms with E-state index in [1.54, 1.807) is 50.2 Å². The number of benzene rings is 2. The van der Waals surface area contributed by atoms with E-state index in [4.69, 9.17) is 11.6 Å². The van der Waals surface area contributed by atoms with Crippen LogP contribution in [0.25, 0.3) is 5.57 Å². The quantitative estimate of drug-likeness (QED) is 0.289. The SMILES string of the molecule is CC(C)(CNC(=O)C(CCO)=C(c1ccc(Cl)cc1)c1ccc(S(C)(=O)=O)cc1)SN=O. The summed E-state index contributed by atoms with van der Waals surface area (Å²) in [7, 11) is -3.38. The van der Waals surface area contributed by atoms with Gasteiger partial charge >= 0.3 is 0 Å². The summed E-state index contributed by atoms with van der Waals surface area (Å²) in [5, 5.41) is 13.0. The normalized spacial score (nSPS) is 12.8. The smallest absolute Gasteiger partial charge is 0.247 e. The van der Waals surface area contributed by atoms with E-state index in [1.165, 1.54) is 12.1 Å². The second kappa shape index (κ2) is 11.1. The summed E-state index contributed by atoms with van der Waals surface area (Å²) in [6.07, 6.45) is 1.19. The molecule has 0 spiro atoms. The molecule has 0 radical (unpaired) electrons. The highest BCUT2D eigenvalue weighted by molar-refractivity contribution is 7.99. The summed E-state index contributed by atoms with van der Waals surface area (Å²) in [5.41, 5.74) is 2.17. The molecule has 0 aliphatic heterocycles. The minimum absolute atomic E-state index is 0.0666. The highest BCUT2D eigenvalue weighted by Crippen LogP contribution is 2.31. The molecule has 0 bridgehead atoms. The minimum atomic E-state index is -3.38. The van der Waals surface area contributed by atoms with Crippen molar-refractivity contribution in [3.63, 3.8) is 0 Å². The highest BCUT2D eigenvalue weighted by Gasteiger charge is 2.24. The van der Waals surface area contributed by atoms with Gasteiger partial charge in [-0.2, -0.15) is 0 Å². The fraction of sp³-hybridized carbons (Fsp3) is 0.318. The van der Waals surface area contributed by atoms with Crippen LogP contribution < -0.4 is 5.32 Å². The largest absolute Gasteiger partial charge is 0.396 e. The van der Waals surface area contributed by atoms with Crippen LogP contribution in [0.1, 0.15) is 31.4 Å². The van der Waals surface area contributed by atoms with Crippen molar-refractivity contribution in [2.45, 2.75) is 29.9 Å². The molecule has 10 heteroatoms. The maximum absolute atomic E-state index is 13.1. The van der Waals surface area contributed by atoms with Gasteiger partial charge in [0.25, 0.3) is 0 Å².